The Labute approximate surface area is 128 Å². The van der Waals surface area contributed by atoms with E-state index in [1.807, 2.05) is 7.05 Å². The highest BCUT2D eigenvalue weighted by atomic mass is 16.5. The zero-order valence-corrected chi connectivity index (χ0v) is 13.6. The molecule has 0 bridgehead atoms. The van der Waals surface area contributed by atoms with Crippen LogP contribution in [0.4, 0.5) is 0 Å². The van der Waals surface area contributed by atoms with Crippen molar-refractivity contribution < 1.29 is 4.52 Å². The van der Waals surface area contributed by atoms with Crippen LogP contribution in [0.2, 0.25) is 0 Å². The summed E-state index contributed by atoms with van der Waals surface area (Å²) >= 11 is 0. The molecule has 1 aromatic heterocycles. The maximum atomic E-state index is 5.61. The fourth-order valence-corrected chi connectivity index (χ4v) is 4.21. The summed E-state index contributed by atoms with van der Waals surface area (Å²) in [5.74, 6) is 4.47. The molecule has 4 nitrogen and oxygen atoms in total. The van der Waals surface area contributed by atoms with Crippen LogP contribution in [0, 0.1) is 11.8 Å². The van der Waals surface area contributed by atoms with E-state index in [0.717, 1.165) is 23.6 Å². The maximum Gasteiger partial charge on any atom is 0.231 e. The molecule has 2 aliphatic carbocycles. The number of rotatable bonds is 4. The molecule has 2 unspecified atom stereocenters. The Balaban J connectivity index is 1.63. The van der Waals surface area contributed by atoms with Crippen LogP contribution in [0.3, 0.4) is 0 Å². The van der Waals surface area contributed by atoms with E-state index in [1.165, 1.54) is 44.9 Å². The molecule has 2 aliphatic rings. The van der Waals surface area contributed by atoms with Crippen molar-refractivity contribution in [3.8, 4) is 0 Å². The fourth-order valence-electron chi connectivity index (χ4n) is 4.21. The Bertz CT molecular complexity index is 449. The molecule has 4 heteroatoms. The smallest absolute Gasteiger partial charge is 0.231 e. The maximum absolute atomic E-state index is 5.61. The third kappa shape index (κ3) is 3.15. The molecule has 0 radical (unpaired) electrons. The van der Waals surface area contributed by atoms with Gasteiger partial charge in [-0.05, 0) is 57.4 Å². The molecular weight excluding hydrogens is 262 g/mol. The van der Waals surface area contributed by atoms with E-state index in [1.54, 1.807) is 0 Å². The summed E-state index contributed by atoms with van der Waals surface area (Å²) in [6.45, 7) is 4.69. The van der Waals surface area contributed by atoms with Crippen molar-refractivity contribution >= 4 is 0 Å². The second-order valence-electron chi connectivity index (χ2n) is 7.28. The lowest BCUT2D eigenvalue weighted by molar-refractivity contribution is 0.251. The predicted octanol–water partition coefficient (Wildman–Crippen LogP) is 3.85. The minimum absolute atomic E-state index is 0.420. The Kier molecular flexibility index (Phi) is 4.63. The summed E-state index contributed by atoms with van der Waals surface area (Å²) in [5, 5.41) is 7.70. The van der Waals surface area contributed by atoms with Gasteiger partial charge in [0.1, 0.15) is 0 Å². The summed E-state index contributed by atoms with van der Waals surface area (Å²) in [7, 11) is 2.04. The number of hydrogen-bond acceptors (Lipinski definition) is 4. The summed E-state index contributed by atoms with van der Waals surface area (Å²) in [5.41, 5.74) is 0. The van der Waals surface area contributed by atoms with E-state index >= 15 is 0 Å². The van der Waals surface area contributed by atoms with Gasteiger partial charge in [-0.25, -0.2) is 0 Å². The number of aromatic nitrogens is 2. The summed E-state index contributed by atoms with van der Waals surface area (Å²) in [6.07, 6.45) is 8.73. The van der Waals surface area contributed by atoms with E-state index in [-0.39, 0.29) is 0 Å². The molecule has 0 aromatic carbocycles. The largest absolute Gasteiger partial charge is 0.339 e. The molecule has 21 heavy (non-hydrogen) atoms. The lowest BCUT2D eigenvalue weighted by atomic mass is 9.77. The third-order valence-corrected chi connectivity index (χ3v) is 5.74. The number of hydrogen-bond donors (Lipinski definition) is 1. The zero-order valence-electron chi connectivity index (χ0n) is 13.6. The molecule has 2 saturated carbocycles. The van der Waals surface area contributed by atoms with E-state index in [4.69, 9.17) is 9.51 Å². The molecule has 2 atom stereocenters. The standard InChI is InChI=1S/C17H29N3O/c1-11(2)12-7-9-13(10-8-12)16-19-17(21-20-16)14-5-4-6-15(14)18-3/h11-15,18H,4-10H2,1-3H3. The SMILES string of the molecule is CNC1CCCC1c1nc(C2CCC(C(C)C)CC2)no1. The van der Waals surface area contributed by atoms with Crippen LogP contribution in [0.5, 0.6) is 0 Å². The van der Waals surface area contributed by atoms with Crippen LogP contribution < -0.4 is 5.32 Å². The summed E-state index contributed by atoms with van der Waals surface area (Å²) < 4.78 is 5.61. The lowest BCUT2D eigenvalue weighted by Crippen LogP contribution is -2.27. The highest BCUT2D eigenvalue weighted by Gasteiger charge is 2.33. The third-order valence-electron chi connectivity index (χ3n) is 5.74. The van der Waals surface area contributed by atoms with Crippen LogP contribution in [0.15, 0.2) is 4.52 Å². The molecule has 1 aromatic rings. The first-order chi connectivity index (χ1) is 10.2. The van der Waals surface area contributed by atoms with Crippen molar-refractivity contribution in [3.05, 3.63) is 11.7 Å². The predicted molar refractivity (Wildman–Crippen MR) is 83.3 cm³/mol. The Morgan fingerprint density at radius 1 is 1.10 bits per heavy atom. The fraction of sp³-hybridized carbons (Fsp3) is 0.882. The van der Waals surface area contributed by atoms with Gasteiger partial charge in [0.05, 0.1) is 5.92 Å². The molecule has 0 spiro atoms. The van der Waals surface area contributed by atoms with Gasteiger partial charge in [-0.1, -0.05) is 25.4 Å². The first kappa shape index (κ1) is 15.0. The normalized spacial score (nSPS) is 33.7. The van der Waals surface area contributed by atoms with Crippen LogP contribution in [0.1, 0.15) is 82.3 Å². The van der Waals surface area contributed by atoms with Gasteiger partial charge in [0.15, 0.2) is 5.82 Å². The number of likely N-dealkylation sites (N-methyl/N-ethyl adjacent to an activating group) is 1. The van der Waals surface area contributed by atoms with Crippen LogP contribution in [-0.4, -0.2) is 23.2 Å². The van der Waals surface area contributed by atoms with Gasteiger partial charge < -0.3 is 9.84 Å². The molecular formula is C17H29N3O. The summed E-state index contributed by atoms with van der Waals surface area (Å²) in [6, 6.07) is 0.509. The highest BCUT2D eigenvalue weighted by Crippen LogP contribution is 2.39. The van der Waals surface area contributed by atoms with Crippen LogP contribution in [-0.2, 0) is 0 Å². The van der Waals surface area contributed by atoms with Gasteiger partial charge in [-0.3, -0.25) is 0 Å². The first-order valence-corrected chi connectivity index (χ1v) is 8.69. The second kappa shape index (κ2) is 6.47. The van der Waals surface area contributed by atoms with Crippen molar-refractivity contribution in [3.63, 3.8) is 0 Å². The van der Waals surface area contributed by atoms with E-state index in [0.29, 0.717) is 17.9 Å². The molecule has 2 fully saturated rings. The van der Waals surface area contributed by atoms with Crippen molar-refractivity contribution in [1.82, 2.24) is 15.5 Å². The van der Waals surface area contributed by atoms with Crippen molar-refractivity contribution in [2.24, 2.45) is 11.8 Å². The molecule has 0 aliphatic heterocycles. The van der Waals surface area contributed by atoms with E-state index < -0.39 is 0 Å². The minimum atomic E-state index is 0.420. The van der Waals surface area contributed by atoms with Crippen molar-refractivity contribution in [1.29, 1.82) is 0 Å². The van der Waals surface area contributed by atoms with Crippen molar-refractivity contribution in [2.45, 2.75) is 76.7 Å². The highest BCUT2D eigenvalue weighted by molar-refractivity contribution is 5.05. The number of nitrogens with zero attached hydrogens (tertiary/aromatic N) is 2. The summed E-state index contributed by atoms with van der Waals surface area (Å²) in [4.78, 5) is 4.77. The minimum Gasteiger partial charge on any atom is -0.339 e. The van der Waals surface area contributed by atoms with Gasteiger partial charge in [-0.15, -0.1) is 0 Å². The van der Waals surface area contributed by atoms with Gasteiger partial charge >= 0.3 is 0 Å². The Hall–Kier alpha value is -0.900. The topological polar surface area (TPSA) is 51.0 Å². The molecule has 0 saturated heterocycles. The lowest BCUT2D eigenvalue weighted by Gasteiger charge is -2.29. The molecule has 0 amide bonds. The van der Waals surface area contributed by atoms with Gasteiger partial charge in [-0.2, -0.15) is 4.98 Å². The van der Waals surface area contributed by atoms with E-state index in [2.05, 4.69) is 24.3 Å². The Morgan fingerprint density at radius 3 is 2.52 bits per heavy atom. The first-order valence-electron chi connectivity index (χ1n) is 8.69. The van der Waals surface area contributed by atoms with Gasteiger partial charge in [0.2, 0.25) is 5.89 Å². The molecule has 1 N–H and O–H groups in total. The van der Waals surface area contributed by atoms with E-state index in [9.17, 15) is 0 Å². The van der Waals surface area contributed by atoms with Crippen LogP contribution >= 0.6 is 0 Å². The van der Waals surface area contributed by atoms with Crippen LogP contribution in [0.25, 0.3) is 0 Å². The van der Waals surface area contributed by atoms with Crippen molar-refractivity contribution in [2.75, 3.05) is 7.05 Å². The average molecular weight is 291 g/mol. The molecule has 1 heterocycles. The second-order valence-corrected chi connectivity index (χ2v) is 7.28. The quantitative estimate of drug-likeness (QED) is 0.915. The Morgan fingerprint density at radius 2 is 1.86 bits per heavy atom. The van der Waals surface area contributed by atoms with Gasteiger partial charge in [0, 0.05) is 12.0 Å². The monoisotopic (exact) mass is 291 g/mol. The van der Waals surface area contributed by atoms with Gasteiger partial charge in [0.25, 0.3) is 0 Å². The number of nitrogens with one attached hydrogen (secondary N) is 1. The molecule has 118 valence electrons. The molecule has 3 rings (SSSR count). The average Bonchev–Trinajstić information content (AvgIpc) is 3.15. The zero-order chi connectivity index (χ0) is 14.8.